The third kappa shape index (κ3) is 6.25. The molecule has 0 aromatic heterocycles. The second-order valence-electron chi connectivity index (χ2n) is 6.40. The Kier molecular flexibility index (Phi) is 7.12. The fourth-order valence-corrected chi connectivity index (χ4v) is 2.60. The first-order valence-corrected chi connectivity index (χ1v) is 7.72. The van der Waals surface area contributed by atoms with E-state index in [1.54, 1.807) is 6.07 Å². The van der Waals surface area contributed by atoms with Crippen molar-refractivity contribution in [3.8, 4) is 11.5 Å². The van der Waals surface area contributed by atoms with Gasteiger partial charge in [0.1, 0.15) is 0 Å². The van der Waals surface area contributed by atoms with E-state index in [0.717, 1.165) is 12.1 Å². The van der Waals surface area contributed by atoms with Crippen LogP contribution in [-0.2, 0) is 11.3 Å². The molecule has 0 aliphatic rings. The molecule has 0 heterocycles. The Hall–Kier alpha value is -1.50. The summed E-state index contributed by atoms with van der Waals surface area (Å²) in [5.41, 5.74) is 11.9. The van der Waals surface area contributed by atoms with Gasteiger partial charge in [0.2, 0.25) is 0 Å². The Labute approximate surface area is 142 Å². The van der Waals surface area contributed by atoms with Crippen LogP contribution in [0.25, 0.3) is 0 Å². The van der Waals surface area contributed by atoms with Crippen LogP contribution < -0.4 is 20.9 Å². The molecule has 4 N–H and O–H groups in total. The number of carbonyl (C=O) groups excluding carboxylic acids is 1. The first-order valence-electron chi connectivity index (χ1n) is 7.34. The number of nitrogens with zero attached hydrogens (tertiary/aromatic N) is 1. The second-order valence-corrected chi connectivity index (χ2v) is 6.81. The zero-order chi connectivity index (χ0) is 17.6. The number of nitrogens with two attached hydrogens (primary N) is 2. The lowest BCUT2D eigenvalue weighted by molar-refractivity contribution is -0.119. The predicted octanol–water partition coefficient (Wildman–Crippen LogP) is 1.63. The van der Waals surface area contributed by atoms with E-state index < -0.39 is 5.91 Å². The Morgan fingerprint density at radius 3 is 2.57 bits per heavy atom. The van der Waals surface area contributed by atoms with E-state index in [2.05, 4.69) is 18.7 Å². The fraction of sp³-hybridized carbons (Fsp3) is 0.562. The monoisotopic (exact) mass is 343 g/mol. The summed E-state index contributed by atoms with van der Waals surface area (Å²) in [5.74, 6) is 0.220. The van der Waals surface area contributed by atoms with Crippen LogP contribution in [0.4, 0.5) is 0 Å². The number of primary amides is 1. The minimum Gasteiger partial charge on any atom is -0.493 e. The van der Waals surface area contributed by atoms with Gasteiger partial charge in [0.15, 0.2) is 18.1 Å². The van der Waals surface area contributed by atoms with Gasteiger partial charge in [-0.2, -0.15) is 0 Å². The maximum atomic E-state index is 10.9. The predicted molar refractivity (Wildman–Crippen MR) is 91.9 cm³/mol. The number of methoxy groups -OCH3 is 1. The highest BCUT2D eigenvalue weighted by Gasteiger charge is 2.19. The molecule has 0 bridgehead atoms. The molecule has 0 fully saturated rings. The van der Waals surface area contributed by atoms with E-state index in [9.17, 15) is 4.79 Å². The van der Waals surface area contributed by atoms with E-state index in [0.29, 0.717) is 29.6 Å². The molecule has 23 heavy (non-hydrogen) atoms. The zero-order valence-electron chi connectivity index (χ0n) is 14.2. The Morgan fingerprint density at radius 1 is 1.39 bits per heavy atom. The third-order valence-corrected chi connectivity index (χ3v) is 3.63. The molecular weight excluding hydrogens is 318 g/mol. The molecule has 6 nitrogen and oxygen atoms in total. The van der Waals surface area contributed by atoms with Crippen LogP contribution in [0.3, 0.4) is 0 Å². The molecule has 7 heteroatoms. The molecule has 1 amide bonds. The van der Waals surface area contributed by atoms with Crippen molar-refractivity contribution in [3.63, 3.8) is 0 Å². The van der Waals surface area contributed by atoms with E-state index in [-0.39, 0.29) is 12.0 Å². The lowest BCUT2D eigenvalue weighted by Gasteiger charge is -2.29. The van der Waals surface area contributed by atoms with Crippen LogP contribution in [0.15, 0.2) is 12.1 Å². The van der Waals surface area contributed by atoms with Crippen molar-refractivity contribution in [2.45, 2.75) is 20.4 Å². The number of amides is 1. The normalized spacial score (nSPS) is 11.6. The molecule has 0 unspecified atom stereocenters. The summed E-state index contributed by atoms with van der Waals surface area (Å²) in [7, 11) is 3.54. The highest BCUT2D eigenvalue weighted by Crippen LogP contribution is 2.36. The van der Waals surface area contributed by atoms with Gasteiger partial charge in [-0.1, -0.05) is 25.4 Å². The quantitative estimate of drug-likeness (QED) is 0.711. The van der Waals surface area contributed by atoms with E-state index >= 15 is 0 Å². The van der Waals surface area contributed by atoms with E-state index in [4.69, 9.17) is 32.5 Å². The summed E-state index contributed by atoms with van der Waals surface area (Å²) >= 11 is 6.24. The molecule has 0 radical (unpaired) electrons. The van der Waals surface area contributed by atoms with Crippen molar-refractivity contribution in [2.75, 3.05) is 33.9 Å². The van der Waals surface area contributed by atoms with Gasteiger partial charge in [0.05, 0.1) is 12.1 Å². The van der Waals surface area contributed by atoms with Crippen molar-refractivity contribution < 1.29 is 14.3 Å². The maximum absolute atomic E-state index is 10.9. The average Bonchev–Trinajstić information content (AvgIpc) is 2.44. The number of hydrogen-bond acceptors (Lipinski definition) is 5. The molecule has 0 spiro atoms. The van der Waals surface area contributed by atoms with Crippen LogP contribution >= 0.6 is 11.6 Å². The van der Waals surface area contributed by atoms with Crippen molar-refractivity contribution in [1.29, 1.82) is 0 Å². The minimum atomic E-state index is -0.573. The lowest BCUT2D eigenvalue weighted by atomic mass is 9.93. The van der Waals surface area contributed by atoms with Crippen LogP contribution in [-0.4, -0.2) is 44.7 Å². The second kappa shape index (κ2) is 8.38. The molecule has 0 saturated heterocycles. The topological polar surface area (TPSA) is 90.8 Å². The van der Waals surface area contributed by atoms with Gasteiger partial charge in [-0.25, -0.2) is 0 Å². The highest BCUT2D eigenvalue weighted by molar-refractivity contribution is 6.32. The fourth-order valence-electron chi connectivity index (χ4n) is 2.31. The van der Waals surface area contributed by atoms with Gasteiger partial charge in [0.25, 0.3) is 5.91 Å². The summed E-state index contributed by atoms with van der Waals surface area (Å²) in [4.78, 5) is 13.0. The van der Waals surface area contributed by atoms with Crippen LogP contribution in [0.5, 0.6) is 11.5 Å². The van der Waals surface area contributed by atoms with Gasteiger partial charge in [-0.05, 0) is 36.7 Å². The Bertz CT molecular complexity index is 550. The lowest BCUT2D eigenvalue weighted by Crippen LogP contribution is -2.36. The summed E-state index contributed by atoms with van der Waals surface area (Å²) < 4.78 is 10.6. The highest BCUT2D eigenvalue weighted by atomic mass is 35.5. The molecule has 1 rings (SSSR count). The van der Waals surface area contributed by atoms with Crippen molar-refractivity contribution in [2.24, 2.45) is 16.9 Å². The van der Waals surface area contributed by atoms with Crippen molar-refractivity contribution in [1.82, 2.24) is 4.90 Å². The van der Waals surface area contributed by atoms with Gasteiger partial charge >= 0.3 is 0 Å². The number of rotatable bonds is 9. The Balaban J connectivity index is 2.89. The largest absolute Gasteiger partial charge is 0.493 e. The summed E-state index contributed by atoms with van der Waals surface area (Å²) in [6, 6.07) is 3.64. The molecule has 0 atom stereocenters. The standard InChI is InChI=1S/C16H26ClN3O3/c1-16(2,9-18)10-20(3)7-11-5-12(17)15(13(6-11)22-4)23-8-14(19)21/h5-6H,7-10,18H2,1-4H3,(H2,19,21). The van der Waals surface area contributed by atoms with Gasteiger partial charge in [-0.3, -0.25) is 4.79 Å². The first kappa shape index (κ1) is 19.5. The van der Waals surface area contributed by atoms with E-state index in [1.165, 1.54) is 7.11 Å². The van der Waals surface area contributed by atoms with Gasteiger partial charge in [0, 0.05) is 13.1 Å². The molecular formula is C16H26ClN3O3. The molecule has 130 valence electrons. The van der Waals surface area contributed by atoms with Crippen molar-refractivity contribution in [3.05, 3.63) is 22.7 Å². The number of hydrogen-bond donors (Lipinski definition) is 2. The molecule has 0 saturated carbocycles. The van der Waals surface area contributed by atoms with Gasteiger partial charge < -0.3 is 25.8 Å². The SMILES string of the molecule is COc1cc(CN(C)CC(C)(C)CN)cc(Cl)c1OCC(N)=O. The summed E-state index contributed by atoms with van der Waals surface area (Å²) in [5, 5.41) is 0.382. The van der Waals surface area contributed by atoms with E-state index in [1.807, 2.05) is 13.1 Å². The zero-order valence-corrected chi connectivity index (χ0v) is 14.9. The Morgan fingerprint density at radius 2 is 2.04 bits per heavy atom. The number of benzene rings is 1. The molecule has 0 aliphatic carbocycles. The molecule has 1 aromatic carbocycles. The average molecular weight is 344 g/mol. The number of halogens is 1. The third-order valence-electron chi connectivity index (χ3n) is 3.35. The van der Waals surface area contributed by atoms with Gasteiger partial charge in [-0.15, -0.1) is 0 Å². The smallest absolute Gasteiger partial charge is 0.255 e. The van der Waals surface area contributed by atoms with Crippen LogP contribution in [0.2, 0.25) is 5.02 Å². The van der Waals surface area contributed by atoms with Crippen LogP contribution in [0.1, 0.15) is 19.4 Å². The van der Waals surface area contributed by atoms with Crippen molar-refractivity contribution >= 4 is 17.5 Å². The summed E-state index contributed by atoms with van der Waals surface area (Å²) in [6.45, 7) is 6.15. The van der Waals surface area contributed by atoms with Crippen LogP contribution in [0, 0.1) is 5.41 Å². The first-order chi connectivity index (χ1) is 10.7. The minimum absolute atomic E-state index is 0.0349. The molecule has 1 aromatic rings. The number of ether oxygens (including phenoxy) is 2. The maximum Gasteiger partial charge on any atom is 0.255 e. The summed E-state index contributed by atoms with van der Waals surface area (Å²) in [6.07, 6.45) is 0. The molecule has 0 aliphatic heterocycles. The number of carbonyl (C=O) groups is 1.